The van der Waals surface area contributed by atoms with E-state index in [1.807, 2.05) is 18.2 Å². The van der Waals surface area contributed by atoms with Gasteiger partial charge in [-0.3, -0.25) is 9.20 Å². The Morgan fingerprint density at radius 1 is 1.04 bits per heavy atom. The highest BCUT2D eigenvalue weighted by atomic mass is 16.1. The summed E-state index contributed by atoms with van der Waals surface area (Å²) in [5, 5.41) is 3.59. The number of hydrogen-bond donors (Lipinski definition) is 1. The van der Waals surface area contributed by atoms with Crippen molar-refractivity contribution < 1.29 is 0 Å². The van der Waals surface area contributed by atoms with Crippen molar-refractivity contribution in [2.45, 2.75) is 46.7 Å². The van der Waals surface area contributed by atoms with Crippen LogP contribution in [0, 0.1) is 11.8 Å². The zero-order chi connectivity index (χ0) is 19.4. The number of pyridine rings is 1. The average molecular weight is 364 g/mol. The molecule has 0 aliphatic carbocycles. The van der Waals surface area contributed by atoms with Crippen molar-refractivity contribution in [3.8, 4) is 0 Å². The van der Waals surface area contributed by atoms with Gasteiger partial charge >= 0.3 is 0 Å². The molecule has 0 saturated heterocycles. The van der Waals surface area contributed by atoms with E-state index in [-0.39, 0.29) is 11.6 Å². The number of aromatic nitrogens is 2. The normalized spacial score (nSPS) is 12.8. The molecule has 3 aromatic rings. The summed E-state index contributed by atoms with van der Waals surface area (Å²) in [6.07, 6.45) is 2.85. The monoisotopic (exact) mass is 363 g/mol. The Morgan fingerprint density at radius 2 is 1.78 bits per heavy atom. The lowest BCUT2D eigenvalue weighted by Gasteiger charge is -2.23. The molecule has 4 nitrogen and oxygen atoms in total. The van der Waals surface area contributed by atoms with E-state index >= 15 is 0 Å². The standard InChI is InChI=1S/C23H29N3O/c1-16(2)13-18-8-10-19(11-9-18)23(17(3)4)24-15-20-14-22(27)26-12-6-5-7-21(26)25-20/h5-12,14,16-17,23-24H,13,15H2,1-4H3/t23-/m0/s1. The predicted molar refractivity (Wildman–Crippen MR) is 111 cm³/mol. The fourth-order valence-corrected chi connectivity index (χ4v) is 3.48. The Bertz CT molecular complexity index is 942. The van der Waals surface area contributed by atoms with Crippen LogP contribution in [-0.2, 0) is 13.0 Å². The summed E-state index contributed by atoms with van der Waals surface area (Å²) in [5.74, 6) is 1.09. The van der Waals surface area contributed by atoms with E-state index in [2.05, 4.69) is 62.3 Å². The quantitative estimate of drug-likeness (QED) is 0.678. The SMILES string of the molecule is CC(C)Cc1ccc([C@@H](NCc2cc(=O)n3ccccc3n2)C(C)C)cc1. The van der Waals surface area contributed by atoms with Crippen LogP contribution in [0.2, 0.25) is 0 Å². The number of benzene rings is 1. The van der Waals surface area contributed by atoms with Crippen LogP contribution in [0.1, 0.15) is 50.6 Å². The molecule has 1 N–H and O–H groups in total. The summed E-state index contributed by atoms with van der Waals surface area (Å²) < 4.78 is 1.57. The van der Waals surface area contributed by atoms with E-state index in [9.17, 15) is 4.79 Å². The Kier molecular flexibility index (Phi) is 6.07. The summed E-state index contributed by atoms with van der Waals surface area (Å²) in [7, 11) is 0. The smallest absolute Gasteiger partial charge is 0.258 e. The van der Waals surface area contributed by atoms with E-state index in [4.69, 9.17) is 0 Å². The van der Waals surface area contributed by atoms with Crippen LogP contribution in [-0.4, -0.2) is 9.38 Å². The molecule has 1 aromatic carbocycles. The van der Waals surface area contributed by atoms with Gasteiger partial charge < -0.3 is 5.32 Å². The van der Waals surface area contributed by atoms with Crippen LogP contribution in [0.25, 0.3) is 5.65 Å². The molecule has 0 unspecified atom stereocenters. The molecule has 0 aliphatic heterocycles. The van der Waals surface area contributed by atoms with Crippen molar-refractivity contribution in [2.24, 2.45) is 11.8 Å². The van der Waals surface area contributed by atoms with Crippen molar-refractivity contribution in [3.05, 3.63) is 81.9 Å². The van der Waals surface area contributed by atoms with Crippen LogP contribution in [0.3, 0.4) is 0 Å². The molecule has 142 valence electrons. The molecule has 2 heterocycles. The molecule has 0 aliphatic rings. The van der Waals surface area contributed by atoms with Gasteiger partial charge in [-0.2, -0.15) is 0 Å². The van der Waals surface area contributed by atoms with E-state index in [1.165, 1.54) is 11.1 Å². The van der Waals surface area contributed by atoms with Gasteiger partial charge in [0.25, 0.3) is 5.56 Å². The third kappa shape index (κ3) is 4.83. The molecule has 3 rings (SSSR count). The second-order valence-electron chi connectivity index (χ2n) is 7.96. The van der Waals surface area contributed by atoms with Gasteiger partial charge in [-0.25, -0.2) is 4.98 Å². The van der Waals surface area contributed by atoms with Crippen LogP contribution in [0.15, 0.2) is 59.5 Å². The van der Waals surface area contributed by atoms with E-state index in [0.717, 1.165) is 12.1 Å². The molecule has 4 heteroatoms. The molecular formula is C23H29N3O. The summed E-state index contributed by atoms with van der Waals surface area (Å²) in [5.41, 5.74) is 4.06. The van der Waals surface area contributed by atoms with Crippen molar-refractivity contribution in [2.75, 3.05) is 0 Å². The van der Waals surface area contributed by atoms with Crippen molar-refractivity contribution in [3.63, 3.8) is 0 Å². The zero-order valence-corrected chi connectivity index (χ0v) is 16.6. The highest BCUT2D eigenvalue weighted by molar-refractivity contribution is 5.38. The molecule has 0 spiro atoms. The number of rotatable bonds is 7. The lowest BCUT2D eigenvalue weighted by molar-refractivity contribution is 0.408. The molecule has 1 atom stereocenters. The van der Waals surface area contributed by atoms with Gasteiger partial charge in [0.2, 0.25) is 0 Å². The van der Waals surface area contributed by atoms with Crippen molar-refractivity contribution >= 4 is 5.65 Å². The molecule has 2 aromatic heterocycles. The average Bonchev–Trinajstić information content (AvgIpc) is 2.62. The minimum Gasteiger partial charge on any atom is -0.304 e. The zero-order valence-electron chi connectivity index (χ0n) is 16.6. The Labute approximate surface area is 161 Å². The van der Waals surface area contributed by atoms with Gasteiger partial charge in [-0.05, 0) is 41.5 Å². The molecule has 0 amide bonds. The van der Waals surface area contributed by atoms with Gasteiger partial charge in [0.1, 0.15) is 5.65 Å². The first-order chi connectivity index (χ1) is 12.9. The Balaban J connectivity index is 1.76. The maximum Gasteiger partial charge on any atom is 0.258 e. The first-order valence-corrected chi connectivity index (χ1v) is 9.73. The Hall–Kier alpha value is -2.46. The lowest BCUT2D eigenvalue weighted by Crippen LogP contribution is -2.27. The fourth-order valence-electron chi connectivity index (χ4n) is 3.48. The largest absolute Gasteiger partial charge is 0.304 e. The lowest BCUT2D eigenvalue weighted by atomic mass is 9.93. The first kappa shape index (κ1) is 19.3. The number of hydrogen-bond acceptors (Lipinski definition) is 3. The maximum absolute atomic E-state index is 12.3. The molecule has 0 radical (unpaired) electrons. The number of nitrogens with one attached hydrogen (secondary N) is 1. The molecule has 0 saturated carbocycles. The summed E-state index contributed by atoms with van der Waals surface area (Å²) in [6, 6.07) is 16.3. The number of nitrogens with zero attached hydrogens (tertiary/aromatic N) is 2. The highest BCUT2D eigenvalue weighted by Gasteiger charge is 2.16. The molecular weight excluding hydrogens is 334 g/mol. The minimum atomic E-state index is -0.0449. The number of fused-ring (bicyclic) bond motifs is 1. The predicted octanol–water partition coefficient (Wildman–Crippen LogP) is 4.38. The topological polar surface area (TPSA) is 46.4 Å². The van der Waals surface area contributed by atoms with E-state index in [1.54, 1.807) is 16.7 Å². The van der Waals surface area contributed by atoms with Gasteiger partial charge in [-0.1, -0.05) is 58.0 Å². The maximum atomic E-state index is 12.3. The van der Waals surface area contributed by atoms with Crippen LogP contribution < -0.4 is 10.9 Å². The molecule has 0 fully saturated rings. The second-order valence-corrected chi connectivity index (χ2v) is 7.96. The molecule has 27 heavy (non-hydrogen) atoms. The summed E-state index contributed by atoms with van der Waals surface area (Å²) in [6.45, 7) is 9.47. The van der Waals surface area contributed by atoms with Crippen LogP contribution >= 0.6 is 0 Å². The summed E-state index contributed by atoms with van der Waals surface area (Å²) in [4.78, 5) is 16.9. The van der Waals surface area contributed by atoms with Gasteiger partial charge in [-0.15, -0.1) is 0 Å². The minimum absolute atomic E-state index is 0.0449. The van der Waals surface area contributed by atoms with Gasteiger partial charge in [0, 0.05) is 24.8 Å². The second kappa shape index (κ2) is 8.49. The van der Waals surface area contributed by atoms with E-state index < -0.39 is 0 Å². The third-order valence-electron chi connectivity index (χ3n) is 4.78. The Morgan fingerprint density at radius 3 is 2.44 bits per heavy atom. The van der Waals surface area contributed by atoms with Crippen LogP contribution in [0.4, 0.5) is 0 Å². The van der Waals surface area contributed by atoms with Crippen molar-refractivity contribution in [1.29, 1.82) is 0 Å². The first-order valence-electron chi connectivity index (χ1n) is 9.73. The van der Waals surface area contributed by atoms with Crippen molar-refractivity contribution in [1.82, 2.24) is 14.7 Å². The fraction of sp³-hybridized carbons (Fsp3) is 0.391. The highest BCUT2D eigenvalue weighted by Crippen LogP contribution is 2.23. The third-order valence-corrected chi connectivity index (χ3v) is 4.78. The summed E-state index contributed by atoms with van der Waals surface area (Å²) >= 11 is 0. The molecule has 0 bridgehead atoms. The van der Waals surface area contributed by atoms with Crippen LogP contribution in [0.5, 0.6) is 0 Å². The van der Waals surface area contributed by atoms with E-state index in [0.29, 0.717) is 24.0 Å². The van der Waals surface area contributed by atoms with Gasteiger partial charge in [0.05, 0.1) is 5.69 Å². The van der Waals surface area contributed by atoms with Gasteiger partial charge in [0.15, 0.2) is 0 Å².